The maximum Gasteiger partial charge on any atom is 0.128 e. The van der Waals surface area contributed by atoms with Gasteiger partial charge in [0.05, 0.1) is 0 Å². The molecule has 1 N–H and O–H groups in total. The summed E-state index contributed by atoms with van der Waals surface area (Å²) in [6.45, 7) is 4.53. The molecule has 0 spiro atoms. The largest absolute Gasteiger partial charge is 0.313 e. The maximum absolute atomic E-state index is 13.9. The van der Waals surface area contributed by atoms with E-state index < -0.39 is 0 Å². The molecular formula is C16H23F2N. The van der Waals surface area contributed by atoms with E-state index in [0.29, 0.717) is 17.4 Å². The molecule has 1 aromatic rings. The SMILES string of the molecule is CNC(c1cc(F)ccc1F)C1CCC(C)C(C)C1. The van der Waals surface area contributed by atoms with Crippen LogP contribution in [0.5, 0.6) is 0 Å². The van der Waals surface area contributed by atoms with Crippen molar-refractivity contribution in [3.63, 3.8) is 0 Å². The van der Waals surface area contributed by atoms with Gasteiger partial charge in [-0.05, 0) is 55.8 Å². The summed E-state index contributed by atoms with van der Waals surface area (Å²) < 4.78 is 27.3. The van der Waals surface area contributed by atoms with Crippen LogP contribution in [0.25, 0.3) is 0 Å². The van der Waals surface area contributed by atoms with E-state index in [2.05, 4.69) is 19.2 Å². The molecule has 4 unspecified atom stereocenters. The lowest BCUT2D eigenvalue weighted by molar-refractivity contribution is 0.173. The molecule has 0 radical (unpaired) electrons. The zero-order valence-electron chi connectivity index (χ0n) is 11.9. The molecule has 1 aromatic carbocycles. The van der Waals surface area contributed by atoms with Crippen molar-refractivity contribution in [2.45, 2.75) is 39.2 Å². The average molecular weight is 267 g/mol. The van der Waals surface area contributed by atoms with Gasteiger partial charge in [-0.1, -0.05) is 20.3 Å². The van der Waals surface area contributed by atoms with Crippen molar-refractivity contribution in [3.8, 4) is 0 Å². The van der Waals surface area contributed by atoms with Crippen molar-refractivity contribution in [1.29, 1.82) is 0 Å². The molecule has 0 aliphatic heterocycles. The molecule has 1 aliphatic carbocycles. The van der Waals surface area contributed by atoms with Gasteiger partial charge in [-0.2, -0.15) is 0 Å². The Morgan fingerprint density at radius 1 is 1.16 bits per heavy atom. The first-order valence-electron chi connectivity index (χ1n) is 7.15. The van der Waals surface area contributed by atoms with E-state index in [0.717, 1.165) is 18.8 Å². The monoisotopic (exact) mass is 267 g/mol. The highest BCUT2D eigenvalue weighted by atomic mass is 19.1. The Morgan fingerprint density at radius 2 is 1.89 bits per heavy atom. The van der Waals surface area contributed by atoms with Gasteiger partial charge in [0.1, 0.15) is 11.6 Å². The lowest BCUT2D eigenvalue weighted by Gasteiger charge is -2.37. The molecule has 4 atom stereocenters. The van der Waals surface area contributed by atoms with E-state index in [4.69, 9.17) is 0 Å². The van der Waals surface area contributed by atoms with Gasteiger partial charge < -0.3 is 5.32 Å². The number of benzene rings is 1. The van der Waals surface area contributed by atoms with Gasteiger partial charge in [0.15, 0.2) is 0 Å². The van der Waals surface area contributed by atoms with Crippen molar-refractivity contribution < 1.29 is 8.78 Å². The van der Waals surface area contributed by atoms with Gasteiger partial charge in [-0.15, -0.1) is 0 Å². The first kappa shape index (κ1) is 14.4. The van der Waals surface area contributed by atoms with Crippen molar-refractivity contribution in [2.24, 2.45) is 17.8 Å². The van der Waals surface area contributed by atoms with E-state index in [1.165, 1.54) is 24.6 Å². The summed E-state index contributed by atoms with van der Waals surface area (Å²) in [7, 11) is 1.83. The van der Waals surface area contributed by atoms with E-state index in [1.807, 2.05) is 7.05 Å². The van der Waals surface area contributed by atoms with Crippen molar-refractivity contribution in [3.05, 3.63) is 35.4 Å². The summed E-state index contributed by atoms with van der Waals surface area (Å²) in [4.78, 5) is 0. The van der Waals surface area contributed by atoms with Crippen LogP contribution in [-0.2, 0) is 0 Å². The second-order valence-electron chi connectivity index (χ2n) is 5.96. The molecule has 3 heteroatoms. The summed E-state index contributed by atoms with van der Waals surface area (Å²) in [5.74, 6) is 1.07. The molecule has 0 heterocycles. The first-order chi connectivity index (χ1) is 9.02. The fourth-order valence-electron chi connectivity index (χ4n) is 3.29. The molecule has 1 nitrogen and oxygen atoms in total. The van der Waals surface area contributed by atoms with Gasteiger partial charge in [0.25, 0.3) is 0 Å². The van der Waals surface area contributed by atoms with Crippen LogP contribution in [0.1, 0.15) is 44.7 Å². The van der Waals surface area contributed by atoms with Crippen LogP contribution in [0.3, 0.4) is 0 Å². The van der Waals surface area contributed by atoms with Gasteiger partial charge in [-0.25, -0.2) is 8.78 Å². The summed E-state index contributed by atoms with van der Waals surface area (Å²) >= 11 is 0. The Kier molecular flexibility index (Phi) is 4.56. The molecule has 0 saturated heterocycles. The van der Waals surface area contributed by atoms with Crippen LogP contribution in [0, 0.1) is 29.4 Å². The number of hydrogen-bond acceptors (Lipinski definition) is 1. The summed E-state index contributed by atoms with van der Waals surface area (Å²) in [5.41, 5.74) is 0.467. The molecule has 0 amide bonds. The predicted octanol–water partition coefficient (Wildman–Crippen LogP) is 4.30. The molecular weight excluding hydrogens is 244 g/mol. The maximum atomic E-state index is 13.9. The summed E-state index contributed by atoms with van der Waals surface area (Å²) in [6, 6.07) is 3.64. The van der Waals surface area contributed by atoms with Gasteiger partial charge in [-0.3, -0.25) is 0 Å². The normalized spacial score (nSPS) is 29.2. The average Bonchev–Trinajstić information content (AvgIpc) is 2.38. The molecule has 1 aliphatic rings. The third-order valence-corrected chi connectivity index (χ3v) is 4.71. The highest BCUT2D eigenvalue weighted by molar-refractivity contribution is 5.23. The fraction of sp³-hybridized carbons (Fsp3) is 0.625. The third-order valence-electron chi connectivity index (χ3n) is 4.71. The van der Waals surface area contributed by atoms with E-state index in [9.17, 15) is 8.78 Å². The number of halogens is 2. The van der Waals surface area contributed by atoms with E-state index in [1.54, 1.807) is 0 Å². The number of rotatable bonds is 3. The Labute approximate surface area is 114 Å². The van der Waals surface area contributed by atoms with Crippen molar-refractivity contribution in [1.82, 2.24) is 5.32 Å². The van der Waals surface area contributed by atoms with Crippen LogP contribution in [0.15, 0.2) is 18.2 Å². The lowest BCUT2D eigenvalue weighted by Crippen LogP contribution is -2.32. The molecule has 1 fully saturated rings. The van der Waals surface area contributed by atoms with Crippen LogP contribution in [0.4, 0.5) is 8.78 Å². The van der Waals surface area contributed by atoms with E-state index in [-0.39, 0.29) is 17.7 Å². The zero-order valence-corrected chi connectivity index (χ0v) is 11.9. The molecule has 106 valence electrons. The molecule has 0 bridgehead atoms. The molecule has 19 heavy (non-hydrogen) atoms. The predicted molar refractivity (Wildman–Crippen MR) is 73.8 cm³/mol. The number of nitrogens with one attached hydrogen (secondary N) is 1. The molecule has 1 saturated carbocycles. The molecule has 2 rings (SSSR count). The minimum Gasteiger partial charge on any atom is -0.313 e. The standard InChI is InChI=1S/C16H23F2N/c1-10-4-5-12(8-11(10)2)16(19-3)14-9-13(17)6-7-15(14)18/h6-7,9-12,16,19H,4-5,8H2,1-3H3. The van der Waals surface area contributed by atoms with Gasteiger partial charge >= 0.3 is 0 Å². The second kappa shape index (κ2) is 6.00. The first-order valence-corrected chi connectivity index (χ1v) is 7.15. The van der Waals surface area contributed by atoms with Crippen LogP contribution in [-0.4, -0.2) is 7.05 Å². The second-order valence-corrected chi connectivity index (χ2v) is 5.96. The minimum atomic E-state index is -0.367. The quantitative estimate of drug-likeness (QED) is 0.861. The van der Waals surface area contributed by atoms with Crippen molar-refractivity contribution >= 4 is 0 Å². The Bertz CT molecular complexity index is 433. The summed E-state index contributed by atoms with van der Waals surface area (Å²) in [6.07, 6.45) is 3.32. The summed E-state index contributed by atoms with van der Waals surface area (Å²) in [5, 5.41) is 3.18. The topological polar surface area (TPSA) is 12.0 Å². The van der Waals surface area contributed by atoms with Gasteiger partial charge in [0.2, 0.25) is 0 Å². The van der Waals surface area contributed by atoms with Crippen LogP contribution >= 0.6 is 0 Å². The third kappa shape index (κ3) is 3.14. The van der Waals surface area contributed by atoms with Crippen molar-refractivity contribution in [2.75, 3.05) is 7.05 Å². The Hall–Kier alpha value is -0.960. The Balaban J connectivity index is 2.22. The highest BCUT2D eigenvalue weighted by Crippen LogP contribution is 2.40. The fourth-order valence-corrected chi connectivity index (χ4v) is 3.29. The van der Waals surface area contributed by atoms with Gasteiger partial charge in [0, 0.05) is 11.6 Å². The van der Waals surface area contributed by atoms with E-state index >= 15 is 0 Å². The lowest BCUT2D eigenvalue weighted by atomic mass is 9.72. The Morgan fingerprint density at radius 3 is 2.53 bits per heavy atom. The minimum absolute atomic E-state index is 0.0920. The smallest absolute Gasteiger partial charge is 0.128 e. The van der Waals surface area contributed by atoms with Crippen LogP contribution in [0.2, 0.25) is 0 Å². The molecule has 0 aromatic heterocycles. The highest BCUT2D eigenvalue weighted by Gasteiger charge is 2.31. The van der Waals surface area contributed by atoms with Crippen LogP contribution < -0.4 is 5.32 Å². The zero-order chi connectivity index (χ0) is 14.0. The number of hydrogen-bond donors (Lipinski definition) is 1.